The molecule has 28 heavy (non-hydrogen) atoms. The van der Waals surface area contributed by atoms with Crippen molar-refractivity contribution in [3.63, 3.8) is 0 Å². The molecule has 7 heteroatoms. The smallest absolute Gasteiger partial charge is 0.275 e. The molecule has 0 saturated carbocycles. The van der Waals surface area contributed by atoms with Gasteiger partial charge in [0.05, 0.1) is 13.6 Å². The first-order chi connectivity index (χ1) is 13.5. The minimum atomic E-state index is -0.198. The lowest BCUT2D eigenvalue weighted by Crippen LogP contribution is -3.08. The SMILES string of the molecule is CNC(=O)c1ccc(C[NH+](C)CC(=O)NC[C@@H]2COc3ccccc3O2)cc1. The van der Waals surface area contributed by atoms with E-state index in [0.717, 1.165) is 16.2 Å². The zero-order valence-corrected chi connectivity index (χ0v) is 16.2. The lowest BCUT2D eigenvalue weighted by Gasteiger charge is -2.26. The van der Waals surface area contributed by atoms with Crippen LogP contribution >= 0.6 is 0 Å². The molecule has 0 aromatic heterocycles. The minimum Gasteiger partial charge on any atom is -0.486 e. The largest absolute Gasteiger partial charge is 0.486 e. The van der Waals surface area contributed by atoms with Crippen LogP contribution < -0.4 is 25.0 Å². The van der Waals surface area contributed by atoms with Gasteiger partial charge in [0.2, 0.25) is 0 Å². The molecule has 2 aromatic rings. The van der Waals surface area contributed by atoms with Crippen LogP contribution in [0.1, 0.15) is 15.9 Å². The molecule has 3 N–H and O–H groups in total. The molecule has 7 nitrogen and oxygen atoms in total. The number of hydrogen-bond acceptors (Lipinski definition) is 4. The van der Waals surface area contributed by atoms with Crippen molar-refractivity contribution in [3.8, 4) is 11.5 Å². The van der Waals surface area contributed by atoms with Crippen LogP contribution in [0.25, 0.3) is 0 Å². The van der Waals surface area contributed by atoms with Gasteiger partial charge in [-0.2, -0.15) is 0 Å². The van der Waals surface area contributed by atoms with Gasteiger partial charge in [-0.3, -0.25) is 9.59 Å². The third-order valence-corrected chi connectivity index (χ3v) is 4.51. The Morgan fingerprint density at radius 1 is 1.11 bits per heavy atom. The summed E-state index contributed by atoms with van der Waals surface area (Å²) >= 11 is 0. The second-order valence-electron chi connectivity index (χ2n) is 6.89. The quantitative estimate of drug-likeness (QED) is 0.629. The van der Waals surface area contributed by atoms with Crippen molar-refractivity contribution in [2.75, 3.05) is 33.8 Å². The van der Waals surface area contributed by atoms with Gasteiger partial charge >= 0.3 is 0 Å². The van der Waals surface area contributed by atoms with Crippen LogP contribution in [0, 0.1) is 0 Å². The number of benzene rings is 2. The summed E-state index contributed by atoms with van der Waals surface area (Å²) in [7, 11) is 3.57. The number of para-hydroxylation sites is 2. The summed E-state index contributed by atoms with van der Waals surface area (Å²) in [6, 6.07) is 14.9. The fourth-order valence-corrected chi connectivity index (χ4v) is 3.06. The summed E-state index contributed by atoms with van der Waals surface area (Å²) < 4.78 is 11.5. The molecule has 1 aliphatic heterocycles. The van der Waals surface area contributed by atoms with Crippen LogP contribution in [0.3, 0.4) is 0 Å². The lowest BCUT2D eigenvalue weighted by molar-refractivity contribution is -0.885. The second kappa shape index (κ2) is 9.23. The van der Waals surface area contributed by atoms with E-state index in [1.54, 1.807) is 19.2 Å². The number of carbonyl (C=O) groups excluding carboxylic acids is 2. The first-order valence-corrected chi connectivity index (χ1v) is 9.32. The van der Waals surface area contributed by atoms with Crippen molar-refractivity contribution in [3.05, 3.63) is 59.7 Å². The molecule has 0 spiro atoms. The highest BCUT2D eigenvalue weighted by atomic mass is 16.6. The number of rotatable bonds is 7. The summed E-state index contributed by atoms with van der Waals surface area (Å²) in [5.74, 6) is 1.29. The Morgan fingerprint density at radius 3 is 2.54 bits per heavy atom. The summed E-state index contributed by atoms with van der Waals surface area (Å²) in [4.78, 5) is 24.9. The molecule has 0 saturated heterocycles. The topological polar surface area (TPSA) is 81.1 Å². The average molecular weight is 384 g/mol. The molecule has 0 bridgehead atoms. The van der Waals surface area contributed by atoms with E-state index in [9.17, 15) is 9.59 Å². The highest BCUT2D eigenvalue weighted by molar-refractivity contribution is 5.93. The van der Waals surface area contributed by atoms with E-state index in [-0.39, 0.29) is 17.9 Å². The zero-order chi connectivity index (χ0) is 19.9. The maximum absolute atomic E-state index is 12.2. The van der Waals surface area contributed by atoms with Gasteiger partial charge in [-0.05, 0) is 24.3 Å². The van der Waals surface area contributed by atoms with E-state index >= 15 is 0 Å². The number of nitrogens with one attached hydrogen (secondary N) is 3. The van der Waals surface area contributed by atoms with Crippen LogP contribution in [-0.4, -0.2) is 51.7 Å². The molecule has 1 heterocycles. The molecule has 2 atom stereocenters. The molecule has 0 fully saturated rings. The molecule has 2 amide bonds. The minimum absolute atomic E-state index is 0.0399. The normalized spacial score (nSPS) is 16.1. The van der Waals surface area contributed by atoms with Crippen LogP contribution in [-0.2, 0) is 11.3 Å². The van der Waals surface area contributed by atoms with E-state index in [0.29, 0.717) is 37.6 Å². The van der Waals surface area contributed by atoms with Crippen molar-refractivity contribution >= 4 is 11.8 Å². The van der Waals surface area contributed by atoms with Gasteiger partial charge in [0.25, 0.3) is 11.8 Å². The first-order valence-electron chi connectivity index (χ1n) is 9.32. The van der Waals surface area contributed by atoms with Crippen molar-refractivity contribution in [1.82, 2.24) is 10.6 Å². The Labute approximate surface area is 164 Å². The maximum atomic E-state index is 12.2. The predicted molar refractivity (Wildman–Crippen MR) is 105 cm³/mol. The number of amides is 2. The van der Waals surface area contributed by atoms with Crippen molar-refractivity contribution in [1.29, 1.82) is 0 Å². The van der Waals surface area contributed by atoms with Gasteiger partial charge in [0.1, 0.15) is 19.3 Å². The Morgan fingerprint density at radius 2 is 1.82 bits per heavy atom. The third kappa shape index (κ3) is 5.23. The van der Waals surface area contributed by atoms with Gasteiger partial charge in [0, 0.05) is 18.2 Å². The number of quaternary nitrogens is 1. The molecule has 148 valence electrons. The summed E-state index contributed by atoms with van der Waals surface area (Å²) in [6.45, 7) is 1.86. The molecule has 1 aliphatic rings. The highest BCUT2D eigenvalue weighted by Crippen LogP contribution is 2.30. The lowest BCUT2D eigenvalue weighted by atomic mass is 10.1. The van der Waals surface area contributed by atoms with Gasteiger partial charge in [0.15, 0.2) is 18.0 Å². The van der Waals surface area contributed by atoms with E-state index in [2.05, 4.69) is 10.6 Å². The van der Waals surface area contributed by atoms with Crippen molar-refractivity contribution < 1.29 is 24.0 Å². The van der Waals surface area contributed by atoms with Crippen LogP contribution in [0.5, 0.6) is 11.5 Å². The van der Waals surface area contributed by atoms with E-state index < -0.39 is 0 Å². The molecular weight excluding hydrogens is 358 g/mol. The molecule has 2 aromatic carbocycles. The highest BCUT2D eigenvalue weighted by Gasteiger charge is 2.21. The molecular formula is C21H26N3O4+. The zero-order valence-electron chi connectivity index (χ0n) is 16.2. The Hall–Kier alpha value is -3.06. The molecule has 3 rings (SSSR count). The van der Waals surface area contributed by atoms with Gasteiger partial charge in [-0.25, -0.2) is 0 Å². The van der Waals surface area contributed by atoms with E-state index in [1.165, 1.54) is 0 Å². The van der Waals surface area contributed by atoms with Crippen molar-refractivity contribution in [2.45, 2.75) is 12.6 Å². The number of fused-ring (bicyclic) bond motifs is 1. The van der Waals surface area contributed by atoms with Crippen LogP contribution in [0.4, 0.5) is 0 Å². The standard InChI is InChI=1S/C21H25N3O4/c1-22-21(26)16-9-7-15(8-10-16)12-24(2)13-20(25)23-11-17-14-27-18-5-3-4-6-19(18)28-17/h3-10,17H,11-14H2,1-2H3,(H,22,26)(H,23,25)/p+1/t17-/m1/s1. The monoisotopic (exact) mass is 384 g/mol. The first kappa shape index (κ1) is 19.7. The van der Waals surface area contributed by atoms with Gasteiger partial charge < -0.3 is 25.0 Å². The third-order valence-electron chi connectivity index (χ3n) is 4.51. The van der Waals surface area contributed by atoms with Crippen LogP contribution in [0.2, 0.25) is 0 Å². The predicted octanol–water partition coefficient (Wildman–Crippen LogP) is 0.0171. The maximum Gasteiger partial charge on any atom is 0.275 e. The van der Waals surface area contributed by atoms with Crippen LogP contribution in [0.15, 0.2) is 48.5 Å². The summed E-state index contributed by atoms with van der Waals surface area (Å²) in [6.07, 6.45) is -0.198. The Balaban J connectivity index is 1.41. The second-order valence-corrected chi connectivity index (χ2v) is 6.89. The van der Waals surface area contributed by atoms with Gasteiger partial charge in [-0.15, -0.1) is 0 Å². The van der Waals surface area contributed by atoms with Crippen molar-refractivity contribution in [2.24, 2.45) is 0 Å². The summed E-state index contributed by atoms with van der Waals surface area (Å²) in [5, 5.41) is 5.51. The van der Waals surface area contributed by atoms with E-state index in [1.807, 2.05) is 43.4 Å². The molecule has 0 radical (unpaired) electrons. The Kier molecular flexibility index (Phi) is 6.49. The Bertz CT molecular complexity index is 823. The number of likely N-dealkylation sites (N-methyl/N-ethyl adjacent to an activating group) is 1. The fraction of sp³-hybridized carbons (Fsp3) is 0.333. The van der Waals surface area contributed by atoms with E-state index in [4.69, 9.17) is 9.47 Å². The number of ether oxygens (including phenoxy) is 2. The molecule has 1 unspecified atom stereocenters. The molecule has 0 aliphatic carbocycles. The number of hydrogen-bond donors (Lipinski definition) is 3. The van der Waals surface area contributed by atoms with Gasteiger partial charge in [-0.1, -0.05) is 24.3 Å². The number of carbonyl (C=O) groups is 2. The average Bonchev–Trinajstić information content (AvgIpc) is 2.72. The fourth-order valence-electron chi connectivity index (χ4n) is 3.06. The summed E-state index contributed by atoms with van der Waals surface area (Å²) in [5.41, 5.74) is 1.69.